The molecule has 166 valence electrons. The van der Waals surface area contributed by atoms with Crippen LogP contribution in [0.15, 0.2) is 54.7 Å². The Balaban J connectivity index is 1.74. The van der Waals surface area contributed by atoms with Crippen LogP contribution >= 0.6 is 0 Å². The second kappa shape index (κ2) is 10.4. The van der Waals surface area contributed by atoms with Crippen LogP contribution in [0.2, 0.25) is 0 Å². The van der Waals surface area contributed by atoms with Crippen LogP contribution in [0.5, 0.6) is 0 Å². The summed E-state index contributed by atoms with van der Waals surface area (Å²) >= 11 is 0. The van der Waals surface area contributed by atoms with Gasteiger partial charge in [-0.15, -0.1) is 0 Å². The van der Waals surface area contributed by atoms with Crippen LogP contribution in [-0.4, -0.2) is 40.8 Å². The smallest absolute Gasteiger partial charge is 0.343 e. The van der Waals surface area contributed by atoms with E-state index < -0.39 is 17.8 Å². The lowest BCUT2D eigenvalue weighted by Gasteiger charge is -2.12. The Hall–Kier alpha value is -3.94. The largest absolute Gasteiger partial charge is 0.462 e. The standard InChI is InChI=1S/C24H25N3O5/c1-4-31-24(30)20-15-25-27(13-14-32-23(29)19-11-7-17(3)8-12-19)21(20)26-22(28)18-9-5-16(2)6-10-18/h5-12,15H,4,13-14H2,1-3H3,(H,26,28). The molecule has 1 aromatic heterocycles. The third-order valence-electron chi connectivity index (χ3n) is 4.70. The van der Waals surface area contributed by atoms with Crippen molar-refractivity contribution in [3.63, 3.8) is 0 Å². The number of carbonyl (C=O) groups is 3. The molecule has 2 aromatic carbocycles. The molecule has 0 aliphatic carbocycles. The van der Waals surface area contributed by atoms with Gasteiger partial charge in [0.2, 0.25) is 0 Å². The number of carbonyl (C=O) groups excluding carboxylic acids is 3. The minimum Gasteiger partial charge on any atom is -0.462 e. The average molecular weight is 435 g/mol. The Morgan fingerprint density at radius 1 is 0.875 bits per heavy atom. The van der Waals surface area contributed by atoms with Gasteiger partial charge < -0.3 is 14.8 Å². The first-order valence-electron chi connectivity index (χ1n) is 10.2. The van der Waals surface area contributed by atoms with Crippen molar-refractivity contribution in [2.24, 2.45) is 0 Å². The summed E-state index contributed by atoms with van der Waals surface area (Å²) < 4.78 is 11.8. The van der Waals surface area contributed by atoms with Crippen molar-refractivity contribution < 1.29 is 23.9 Å². The fourth-order valence-electron chi connectivity index (χ4n) is 2.93. The van der Waals surface area contributed by atoms with Gasteiger partial charge in [0.1, 0.15) is 18.0 Å². The molecule has 0 aliphatic rings. The molecule has 0 saturated heterocycles. The van der Waals surface area contributed by atoms with Crippen LogP contribution in [0.1, 0.15) is 49.1 Å². The first-order valence-corrected chi connectivity index (χ1v) is 10.2. The highest BCUT2D eigenvalue weighted by molar-refractivity contribution is 6.07. The number of rotatable bonds is 8. The van der Waals surface area contributed by atoms with Crippen molar-refractivity contribution >= 4 is 23.7 Å². The van der Waals surface area contributed by atoms with Crippen molar-refractivity contribution in [3.05, 3.63) is 82.5 Å². The van der Waals surface area contributed by atoms with E-state index in [4.69, 9.17) is 9.47 Å². The molecule has 3 aromatic rings. The predicted octanol–water partition coefficient (Wildman–Crippen LogP) is 3.79. The van der Waals surface area contributed by atoms with Gasteiger partial charge in [-0.3, -0.25) is 4.79 Å². The summed E-state index contributed by atoms with van der Waals surface area (Å²) in [4.78, 5) is 37.3. The molecule has 0 unspecified atom stereocenters. The normalized spacial score (nSPS) is 10.5. The van der Waals surface area contributed by atoms with Crippen molar-refractivity contribution in [2.45, 2.75) is 27.3 Å². The number of amides is 1. The maximum atomic E-state index is 12.7. The second-order valence-electron chi connectivity index (χ2n) is 7.17. The van der Waals surface area contributed by atoms with Gasteiger partial charge in [-0.05, 0) is 45.0 Å². The van der Waals surface area contributed by atoms with Gasteiger partial charge in [-0.2, -0.15) is 5.10 Å². The Bertz CT molecular complexity index is 1100. The summed E-state index contributed by atoms with van der Waals surface area (Å²) in [6.07, 6.45) is 1.32. The zero-order valence-corrected chi connectivity index (χ0v) is 18.3. The maximum Gasteiger partial charge on any atom is 0.343 e. The minimum atomic E-state index is -0.602. The average Bonchev–Trinajstić information content (AvgIpc) is 3.17. The summed E-state index contributed by atoms with van der Waals surface area (Å²) in [6, 6.07) is 14.1. The summed E-state index contributed by atoms with van der Waals surface area (Å²) in [5.74, 6) is -1.28. The van der Waals surface area contributed by atoms with Crippen molar-refractivity contribution in [3.8, 4) is 0 Å². The zero-order chi connectivity index (χ0) is 23.1. The van der Waals surface area contributed by atoms with Crippen LogP contribution in [0.3, 0.4) is 0 Å². The van der Waals surface area contributed by atoms with E-state index in [1.54, 1.807) is 31.2 Å². The lowest BCUT2D eigenvalue weighted by Crippen LogP contribution is -2.20. The summed E-state index contributed by atoms with van der Waals surface area (Å²) in [7, 11) is 0. The topological polar surface area (TPSA) is 99.5 Å². The molecule has 1 amide bonds. The number of aryl methyl sites for hydroxylation is 2. The number of hydrogen-bond donors (Lipinski definition) is 1. The minimum absolute atomic E-state index is 0.00403. The van der Waals surface area contributed by atoms with Gasteiger partial charge in [0.05, 0.1) is 24.9 Å². The number of benzene rings is 2. The lowest BCUT2D eigenvalue weighted by atomic mass is 10.1. The molecule has 3 rings (SSSR count). The molecular weight excluding hydrogens is 410 g/mol. The number of hydrogen-bond acceptors (Lipinski definition) is 6. The van der Waals surface area contributed by atoms with Gasteiger partial charge in [0.15, 0.2) is 0 Å². The molecular formula is C24H25N3O5. The van der Waals surface area contributed by atoms with E-state index in [1.165, 1.54) is 10.9 Å². The fourth-order valence-corrected chi connectivity index (χ4v) is 2.93. The summed E-state index contributed by atoms with van der Waals surface area (Å²) in [5.41, 5.74) is 3.06. The third-order valence-corrected chi connectivity index (χ3v) is 4.70. The highest BCUT2D eigenvalue weighted by Gasteiger charge is 2.21. The molecule has 32 heavy (non-hydrogen) atoms. The molecule has 0 spiro atoms. The molecule has 0 aliphatic heterocycles. The van der Waals surface area contributed by atoms with E-state index >= 15 is 0 Å². The van der Waals surface area contributed by atoms with Gasteiger partial charge in [0.25, 0.3) is 5.91 Å². The van der Waals surface area contributed by atoms with E-state index in [0.29, 0.717) is 11.1 Å². The van der Waals surface area contributed by atoms with Crippen molar-refractivity contribution in [2.75, 3.05) is 18.5 Å². The summed E-state index contributed by atoms with van der Waals surface area (Å²) in [6.45, 7) is 5.87. The van der Waals surface area contributed by atoms with Crippen LogP contribution < -0.4 is 5.32 Å². The molecule has 1 heterocycles. The number of esters is 2. The number of nitrogens with one attached hydrogen (secondary N) is 1. The number of aromatic nitrogens is 2. The fraction of sp³-hybridized carbons (Fsp3) is 0.250. The van der Waals surface area contributed by atoms with E-state index in [-0.39, 0.29) is 31.1 Å². The van der Waals surface area contributed by atoms with E-state index in [1.807, 2.05) is 38.1 Å². The van der Waals surface area contributed by atoms with Crippen molar-refractivity contribution in [1.82, 2.24) is 9.78 Å². The molecule has 0 atom stereocenters. The molecule has 8 nitrogen and oxygen atoms in total. The van der Waals surface area contributed by atoms with Gasteiger partial charge in [0, 0.05) is 5.56 Å². The predicted molar refractivity (Wildman–Crippen MR) is 119 cm³/mol. The lowest BCUT2D eigenvalue weighted by molar-refractivity contribution is 0.0483. The highest BCUT2D eigenvalue weighted by Crippen LogP contribution is 2.18. The highest BCUT2D eigenvalue weighted by atomic mass is 16.5. The monoisotopic (exact) mass is 435 g/mol. The Morgan fingerprint density at radius 2 is 1.47 bits per heavy atom. The molecule has 0 fully saturated rings. The van der Waals surface area contributed by atoms with Crippen LogP contribution in [0, 0.1) is 13.8 Å². The van der Waals surface area contributed by atoms with Crippen LogP contribution in [0.25, 0.3) is 0 Å². The first-order chi connectivity index (χ1) is 15.4. The second-order valence-corrected chi connectivity index (χ2v) is 7.17. The Labute approximate surface area is 186 Å². The van der Waals surface area contributed by atoms with Gasteiger partial charge >= 0.3 is 11.9 Å². The first kappa shape index (κ1) is 22.7. The van der Waals surface area contributed by atoms with Crippen LogP contribution in [0.4, 0.5) is 5.82 Å². The quantitative estimate of drug-likeness (QED) is 0.541. The molecule has 0 bridgehead atoms. The molecule has 1 N–H and O–H groups in total. The van der Waals surface area contributed by atoms with Gasteiger partial charge in [-0.25, -0.2) is 14.3 Å². The maximum absolute atomic E-state index is 12.7. The van der Waals surface area contributed by atoms with E-state index in [9.17, 15) is 14.4 Å². The third kappa shape index (κ3) is 5.60. The molecule has 0 radical (unpaired) electrons. The molecule has 8 heteroatoms. The number of ether oxygens (including phenoxy) is 2. The SMILES string of the molecule is CCOC(=O)c1cnn(CCOC(=O)c2ccc(C)cc2)c1NC(=O)c1ccc(C)cc1. The number of anilines is 1. The van der Waals surface area contributed by atoms with E-state index in [2.05, 4.69) is 10.4 Å². The molecule has 0 saturated carbocycles. The van der Waals surface area contributed by atoms with Crippen LogP contribution in [-0.2, 0) is 16.0 Å². The van der Waals surface area contributed by atoms with E-state index in [0.717, 1.165) is 11.1 Å². The Kier molecular flexibility index (Phi) is 7.38. The number of nitrogens with zero attached hydrogens (tertiary/aromatic N) is 2. The van der Waals surface area contributed by atoms with Crippen molar-refractivity contribution in [1.29, 1.82) is 0 Å². The summed E-state index contributed by atoms with van der Waals surface area (Å²) in [5, 5.41) is 6.90. The Morgan fingerprint density at radius 3 is 2.06 bits per heavy atom. The zero-order valence-electron chi connectivity index (χ0n) is 18.3. The van der Waals surface area contributed by atoms with Gasteiger partial charge in [-0.1, -0.05) is 35.4 Å².